The first-order valence-electron chi connectivity index (χ1n) is 9.33. The van der Waals surface area contributed by atoms with Crippen LogP contribution in [0.15, 0.2) is 53.7 Å². The third kappa shape index (κ3) is 6.22. The molecule has 32 heavy (non-hydrogen) atoms. The number of halogens is 4. The Morgan fingerprint density at radius 2 is 1.84 bits per heavy atom. The number of carbonyl (C=O) groups excluding carboxylic acids is 1. The zero-order chi connectivity index (χ0) is 22.4. The van der Waals surface area contributed by atoms with Gasteiger partial charge in [0.15, 0.2) is 23.4 Å². The molecule has 1 aromatic heterocycles. The van der Waals surface area contributed by atoms with Crippen molar-refractivity contribution in [3.8, 4) is 11.3 Å². The van der Waals surface area contributed by atoms with E-state index < -0.39 is 29.0 Å². The summed E-state index contributed by atoms with van der Waals surface area (Å²) in [5.74, 6) is -4.00. The van der Waals surface area contributed by atoms with Crippen LogP contribution in [0.2, 0.25) is 0 Å². The molecule has 0 radical (unpaired) electrons. The average Bonchev–Trinajstić information content (AvgIpc) is 3.23. The second-order valence-corrected chi connectivity index (χ2v) is 6.64. The summed E-state index contributed by atoms with van der Waals surface area (Å²) in [6, 6.07) is 11.4. The van der Waals surface area contributed by atoms with Gasteiger partial charge in [-0.1, -0.05) is 30.3 Å². The molecule has 0 fully saturated rings. The zero-order valence-corrected chi connectivity index (χ0v) is 19.7. The van der Waals surface area contributed by atoms with Crippen molar-refractivity contribution in [2.45, 2.75) is 6.54 Å². The predicted molar refractivity (Wildman–Crippen MR) is 127 cm³/mol. The number of carbonyl (C=O) groups is 1. The lowest BCUT2D eigenvalue weighted by Crippen LogP contribution is -2.42. The Morgan fingerprint density at radius 1 is 1.12 bits per heavy atom. The molecule has 3 N–H and O–H groups in total. The molecule has 0 atom stereocenters. The molecule has 0 saturated heterocycles. The first-order chi connectivity index (χ1) is 14.9. The molecule has 0 aliphatic rings. The Balaban J connectivity index is 0.00000363. The zero-order valence-electron chi connectivity index (χ0n) is 17.3. The van der Waals surface area contributed by atoms with Crippen LogP contribution in [0, 0.1) is 17.5 Å². The van der Waals surface area contributed by atoms with E-state index in [4.69, 9.17) is 0 Å². The Kier molecular flexibility index (Phi) is 9.05. The van der Waals surface area contributed by atoms with E-state index in [1.165, 1.54) is 0 Å². The van der Waals surface area contributed by atoms with Crippen LogP contribution in [0.5, 0.6) is 0 Å². The van der Waals surface area contributed by atoms with Crippen LogP contribution < -0.4 is 10.6 Å². The van der Waals surface area contributed by atoms with Gasteiger partial charge in [0.05, 0.1) is 30.7 Å². The normalized spacial score (nSPS) is 11.0. The summed E-state index contributed by atoms with van der Waals surface area (Å²) >= 11 is 0. The highest BCUT2D eigenvalue weighted by Gasteiger charge is 2.16. The van der Waals surface area contributed by atoms with Gasteiger partial charge < -0.3 is 20.5 Å². The lowest BCUT2D eigenvalue weighted by molar-refractivity contribution is -0.115. The number of aliphatic imine (C=N–C) groups is 1. The van der Waals surface area contributed by atoms with Gasteiger partial charge in [-0.25, -0.2) is 18.2 Å². The van der Waals surface area contributed by atoms with E-state index in [2.05, 4.69) is 25.6 Å². The quantitative estimate of drug-likeness (QED) is 0.186. The van der Waals surface area contributed by atoms with E-state index in [9.17, 15) is 18.0 Å². The minimum Gasteiger partial charge on any atom is -0.347 e. The number of hydrogen-bond donors (Lipinski definition) is 3. The van der Waals surface area contributed by atoms with Gasteiger partial charge in [-0.3, -0.25) is 9.79 Å². The van der Waals surface area contributed by atoms with Crippen molar-refractivity contribution in [3.63, 3.8) is 0 Å². The highest BCUT2D eigenvalue weighted by molar-refractivity contribution is 14.0. The minimum absolute atomic E-state index is 0. The number of nitrogens with zero attached hydrogens (tertiary/aromatic N) is 3. The summed E-state index contributed by atoms with van der Waals surface area (Å²) in [5, 5.41) is 5.02. The highest BCUT2D eigenvalue weighted by atomic mass is 127. The number of aromatic amines is 1. The van der Waals surface area contributed by atoms with E-state index >= 15 is 0 Å². The molecule has 0 saturated carbocycles. The van der Waals surface area contributed by atoms with Crippen LogP contribution in [0.25, 0.3) is 11.3 Å². The molecule has 0 unspecified atom stereocenters. The number of anilines is 1. The van der Waals surface area contributed by atoms with E-state index in [0.29, 0.717) is 18.3 Å². The van der Waals surface area contributed by atoms with Gasteiger partial charge >= 0.3 is 0 Å². The largest absolute Gasteiger partial charge is 0.347 e. The number of aromatic nitrogens is 2. The number of rotatable bonds is 6. The molecule has 1 amide bonds. The Morgan fingerprint density at radius 3 is 2.53 bits per heavy atom. The van der Waals surface area contributed by atoms with Crippen LogP contribution in [-0.4, -0.2) is 47.4 Å². The Bertz CT molecular complexity index is 1090. The number of guanidine groups is 1. The number of imidazole rings is 1. The maximum atomic E-state index is 13.7. The third-order valence-electron chi connectivity index (χ3n) is 4.39. The highest BCUT2D eigenvalue weighted by Crippen LogP contribution is 2.19. The first-order valence-corrected chi connectivity index (χ1v) is 9.33. The van der Waals surface area contributed by atoms with Gasteiger partial charge in [-0.15, -0.1) is 24.0 Å². The summed E-state index contributed by atoms with van der Waals surface area (Å²) in [4.78, 5) is 25.5. The van der Waals surface area contributed by atoms with Crippen molar-refractivity contribution >= 4 is 41.5 Å². The minimum atomic E-state index is -1.64. The molecule has 170 valence electrons. The second-order valence-electron chi connectivity index (χ2n) is 6.64. The molecule has 11 heteroatoms. The van der Waals surface area contributed by atoms with E-state index in [-0.39, 0.29) is 30.5 Å². The molecule has 2 aromatic carbocycles. The number of benzene rings is 2. The SMILES string of the molecule is CN=C(NCC(=O)Nc1ccc(F)c(F)c1F)N(C)Cc1ncc(-c2ccccc2)[nH]1.I. The number of amides is 1. The van der Waals surface area contributed by atoms with Crippen LogP contribution in [0.3, 0.4) is 0 Å². The molecule has 1 heterocycles. The molecule has 0 aliphatic heterocycles. The van der Waals surface area contributed by atoms with Crippen molar-refractivity contribution in [3.05, 3.63) is 71.9 Å². The van der Waals surface area contributed by atoms with Gasteiger partial charge in [0.25, 0.3) is 0 Å². The van der Waals surface area contributed by atoms with Crippen LogP contribution in [0.1, 0.15) is 5.82 Å². The van der Waals surface area contributed by atoms with Gasteiger partial charge in [0.2, 0.25) is 5.91 Å². The topological polar surface area (TPSA) is 85.4 Å². The smallest absolute Gasteiger partial charge is 0.243 e. The first kappa shape index (κ1) is 25.2. The molecule has 3 rings (SSSR count). The third-order valence-corrected chi connectivity index (χ3v) is 4.39. The van der Waals surface area contributed by atoms with E-state index in [0.717, 1.165) is 23.4 Å². The van der Waals surface area contributed by atoms with Crippen molar-refractivity contribution < 1.29 is 18.0 Å². The summed E-state index contributed by atoms with van der Waals surface area (Å²) in [7, 11) is 3.30. The number of nitrogens with one attached hydrogen (secondary N) is 3. The summed E-state index contributed by atoms with van der Waals surface area (Å²) < 4.78 is 40.0. The molecule has 0 spiro atoms. The van der Waals surface area contributed by atoms with Gasteiger partial charge in [-0.05, 0) is 17.7 Å². The van der Waals surface area contributed by atoms with E-state index in [1.807, 2.05) is 30.3 Å². The van der Waals surface area contributed by atoms with Crippen LogP contribution >= 0.6 is 24.0 Å². The standard InChI is InChI=1S/C21H21F3N6O.HI/c1-25-21(27-11-18(31)29-15-9-8-14(22)19(23)20(15)24)30(2)12-17-26-10-16(28-17)13-6-4-3-5-7-13;/h3-10H,11-12H2,1-2H3,(H,25,27)(H,26,28)(H,29,31);1H. The fraction of sp³-hybridized carbons (Fsp3) is 0.190. The maximum Gasteiger partial charge on any atom is 0.243 e. The van der Waals surface area contributed by atoms with Crippen LogP contribution in [-0.2, 0) is 11.3 Å². The van der Waals surface area contributed by atoms with Gasteiger partial charge in [-0.2, -0.15) is 0 Å². The molecular formula is C21H22F3IN6O. The van der Waals surface area contributed by atoms with Crippen LogP contribution in [0.4, 0.5) is 18.9 Å². The summed E-state index contributed by atoms with van der Waals surface area (Å²) in [6.45, 7) is 0.120. The Labute approximate surface area is 200 Å². The molecular weight excluding hydrogens is 536 g/mol. The monoisotopic (exact) mass is 558 g/mol. The fourth-order valence-electron chi connectivity index (χ4n) is 2.87. The van der Waals surface area contributed by atoms with Crippen molar-refractivity contribution in [2.24, 2.45) is 4.99 Å². The summed E-state index contributed by atoms with van der Waals surface area (Å²) in [5.41, 5.74) is 1.44. The summed E-state index contributed by atoms with van der Waals surface area (Å²) in [6.07, 6.45) is 1.73. The van der Waals surface area contributed by atoms with Gasteiger partial charge in [0, 0.05) is 14.1 Å². The maximum absolute atomic E-state index is 13.7. The van der Waals surface area contributed by atoms with Gasteiger partial charge in [0.1, 0.15) is 5.82 Å². The molecule has 0 bridgehead atoms. The van der Waals surface area contributed by atoms with Crippen molar-refractivity contribution in [1.29, 1.82) is 0 Å². The fourth-order valence-corrected chi connectivity index (χ4v) is 2.87. The van der Waals surface area contributed by atoms with Crippen molar-refractivity contribution in [1.82, 2.24) is 20.2 Å². The van der Waals surface area contributed by atoms with E-state index in [1.54, 1.807) is 25.2 Å². The lowest BCUT2D eigenvalue weighted by atomic mass is 10.2. The second kappa shape index (κ2) is 11.5. The van der Waals surface area contributed by atoms with Crippen molar-refractivity contribution in [2.75, 3.05) is 26.0 Å². The molecule has 0 aliphatic carbocycles. The Hall–Kier alpha value is -3.09. The molecule has 3 aromatic rings. The molecule has 7 nitrogen and oxygen atoms in total. The number of H-pyrrole nitrogens is 1. The predicted octanol–water partition coefficient (Wildman–Crippen LogP) is 3.76. The lowest BCUT2D eigenvalue weighted by Gasteiger charge is -2.21. The number of hydrogen-bond acceptors (Lipinski definition) is 3. The average molecular weight is 558 g/mol.